The van der Waals surface area contributed by atoms with Crippen molar-refractivity contribution in [1.82, 2.24) is 4.98 Å². The van der Waals surface area contributed by atoms with Crippen molar-refractivity contribution in [2.45, 2.75) is 33.7 Å². The maximum Gasteiger partial charge on any atom is 0.243 e. The Morgan fingerprint density at radius 1 is 1.60 bits per heavy atom. The van der Waals surface area contributed by atoms with Gasteiger partial charge in [-0.25, -0.2) is 4.98 Å². The Morgan fingerprint density at radius 2 is 2.20 bits per heavy atom. The highest BCUT2D eigenvalue weighted by molar-refractivity contribution is 7.15. The van der Waals surface area contributed by atoms with Crippen LogP contribution < -0.4 is 11.1 Å². The molecule has 1 heterocycles. The maximum atomic E-state index is 11.7. The highest BCUT2D eigenvalue weighted by Crippen LogP contribution is 2.21. The minimum Gasteiger partial charge on any atom is -0.319 e. The SMILES string of the molecule is Cc1cnc(NC(=O)[C@@H](N)C(C)(C)C)s1. The van der Waals surface area contributed by atoms with Crippen LogP contribution >= 0.6 is 11.3 Å². The molecule has 84 valence electrons. The Bertz CT molecular complexity index is 354. The van der Waals surface area contributed by atoms with Gasteiger partial charge in [-0.15, -0.1) is 11.3 Å². The number of amides is 1. The van der Waals surface area contributed by atoms with E-state index in [9.17, 15) is 4.79 Å². The zero-order valence-electron chi connectivity index (χ0n) is 9.50. The molecule has 4 nitrogen and oxygen atoms in total. The van der Waals surface area contributed by atoms with Gasteiger partial charge >= 0.3 is 0 Å². The lowest BCUT2D eigenvalue weighted by Gasteiger charge is -2.25. The molecule has 1 amide bonds. The van der Waals surface area contributed by atoms with Crippen LogP contribution in [0.4, 0.5) is 5.13 Å². The number of carbonyl (C=O) groups is 1. The molecule has 0 spiro atoms. The molecular weight excluding hydrogens is 210 g/mol. The van der Waals surface area contributed by atoms with Crippen molar-refractivity contribution in [3.63, 3.8) is 0 Å². The predicted octanol–water partition coefficient (Wildman–Crippen LogP) is 1.76. The van der Waals surface area contributed by atoms with E-state index in [2.05, 4.69) is 10.3 Å². The number of rotatable bonds is 2. The summed E-state index contributed by atoms with van der Waals surface area (Å²) in [6, 6.07) is -0.526. The molecule has 3 N–H and O–H groups in total. The third kappa shape index (κ3) is 3.28. The quantitative estimate of drug-likeness (QED) is 0.809. The molecule has 0 aromatic carbocycles. The Balaban J connectivity index is 2.64. The molecule has 0 aliphatic carbocycles. The number of nitrogens with zero attached hydrogens (tertiary/aromatic N) is 1. The van der Waals surface area contributed by atoms with E-state index in [1.165, 1.54) is 11.3 Å². The van der Waals surface area contributed by atoms with E-state index in [4.69, 9.17) is 5.73 Å². The zero-order chi connectivity index (χ0) is 11.6. The molecule has 1 aromatic rings. The van der Waals surface area contributed by atoms with Gasteiger partial charge in [0.25, 0.3) is 0 Å². The molecule has 0 unspecified atom stereocenters. The van der Waals surface area contributed by atoms with Crippen LogP contribution in [0.25, 0.3) is 0 Å². The van der Waals surface area contributed by atoms with Gasteiger partial charge in [-0.2, -0.15) is 0 Å². The standard InChI is InChI=1S/C10H17N3OS/c1-6-5-12-9(15-6)13-8(14)7(11)10(2,3)4/h5,7H,11H2,1-4H3,(H,12,13,14)/t7-/m1/s1. The smallest absolute Gasteiger partial charge is 0.243 e. The summed E-state index contributed by atoms with van der Waals surface area (Å²) in [5.74, 6) is -0.183. The predicted molar refractivity (Wildman–Crippen MR) is 62.9 cm³/mol. The lowest BCUT2D eigenvalue weighted by molar-refractivity contribution is -0.119. The normalized spacial score (nSPS) is 13.7. The van der Waals surface area contributed by atoms with Gasteiger partial charge in [0.05, 0.1) is 6.04 Å². The Kier molecular flexibility index (Phi) is 3.46. The summed E-state index contributed by atoms with van der Waals surface area (Å²) in [6.45, 7) is 7.75. The third-order valence-corrected chi connectivity index (χ3v) is 2.90. The highest BCUT2D eigenvalue weighted by Gasteiger charge is 2.27. The van der Waals surface area contributed by atoms with Crippen LogP contribution in [0.5, 0.6) is 0 Å². The van der Waals surface area contributed by atoms with E-state index < -0.39 is 6.04 Å². The Labute approximate surface area is 93.9 Å². The molecule has 1 atom stereocenters. The molecule has 0 aliphatic heterocycles. The van der Waals surface area contributed by atoms with Crippen LogP contribution in [0.1, 0.15) is 25.6 Å². The number of nitrogens with one attached hydrogen (secondary N) is 1. The summed E-state index contributed by atoms with van der Waals surface area (Å²) in [5, 5.41) is 3.32. The summed E-state index contributed by atoms with van der Waals surface area (Å²) in [4.78, 5) is 16.8. The number of nitrogens with two attached hydrogens (primary N) is 1. The topological polar surface area (TPSA) is 68.0 Å². The number of anilines is 1. The van der Waals surface area contributed by atoms with E-state index in [1.807, 2.05) is 27.7 Å². The van der Waals surface area contributed by atoms with Crippen molar-refractivity contribution in [3.05, 3.63) is 11.1 Å². The first kappa shape index (κ1) is 12.1. The van der Waals surface area contributed by atoms with Crippen LogP contribution in [0, 0.1) is 12.3 Å². The largest absolute Gasteiger partial charge is 0.319 e. The summed E-state index contributed by atoms with van der Waals surface area (Å²) in [7, 11) is 0. The molecular formula is C10H17N3OS. The first-order chi connectivity index (χ1) is 6.80. The summed E-state index contributed by atoms with van der Waals surface area (Å²) in [6.07, 6.45) is 1.73. The molecule has 0 radical (unpaired) electrons. The van der Waals surface area contributed by atoms with Crippen molar-refractivity contribution in [2.75, 3.05) is 5.32 Å². The Morgan fingerprint density at radius 3 is 2.60 bits per heavy atom. The van der Waals surface area contributed by atoms with Crippen LogP contribution in [-0.4, -0.2) is 16.9 Å². The first-order valence-electron chi connectivity index (χ1n) is 4.79. The van der Waals surface area contributed by atoms with E-state index in [0.29, 0.717) is 5.13 Å². The lowest BCUT2D eigenvalue weighted by Crippen LogP contribution is -2.45. The minimum absolute atomic E-state index is 0.183. The van der Waals surface area contributed by atoms with Gasteiger partial charge < -0.3 is 11.1 Å². The molecule has 0 fully saturated rings. The molecule has 0 aliphatic rings. The molecule has 1 rings (SSSR count). The second-order valence-electron chi connectivity index (χ2n) is 4.61. The van der Waals surface area contributed by atoms with Crippen LogP contribution in [0.3, 0.4) is 0 Å². The van der Waals surface area contributed by atoms with Gasteiger partial charge in [0, 0.05) is 11.1 Å². The van der Waals surface area contributed by atoms with E-state index >= 15 is 0 Å². The van der Waals surface area contributed by atoms with Gasteiger partial charge in [-0.1, -0.05) is 20.8 Å². The van der Waals surface area contributed by atoms with Gasteiger partial charge in [0.2, 0.25) is 5.91 Å². The number of carbonyl (C=O) groups excluding carboxylic acids is 1. The number of aryl methyl sites for hydroxylation is 1. The van der Waals surface area contributed by atoms with E-state index in [-0.39, 0.29) is 11.3 Å². The van der Waals surface area contributed by atoms with E-state index in [0.717, 1.165) is 4.88 Å². The fourth-order valence-electron chi connectivity index (χ4n) is 0.989. The molecule has 15 heavy (non-hydrogen) atoms. The van der Waals surface area contributed by atoms with Crippen molar-refractivity contribution >= 4 is 22.4 Å². The number of thiazole rings is 1. The lowest BCUT2D eigenvalue weighted by atomic mass is 9.87. The second kappa shape index (κ2) is 4.28. The molecule has 0 saturated heterocycles. The van der Waals surface area contributed by atoms with Crippen molar-refractivity contribution in [1.29, 1.82) is 0 Å². The van der Waals surface area contributed by atoms with Crippen LogP contribution in [0.15, 0.2) is 6.20 Å². The van der Waals surface area contributed by atoms with Gasteiger partial charge in [-0.3, -0.25) is 4.79 Å². The first-order valence-corrected chi connectivity index (χ1v) is 5.61. The van der Waals surface area contributed by atoms with E-state index in [1.54, 1.807) is 6.20 Å². The monoisotopic (exact) mass is 227 g/mol. The average molecular weight is 227 g/mol. The van der Waals surface area contributed by atoms with Crippen molar-refractivity contribution in [2.24, 2.45) is 11.1 Å². The van der Waals surface area contributed by atoms with Crippen molar-refractivity contribution in [3.8, 4) is 0 Å². The summed E-state index contributed by atoms with van der Waals surface area (Å²) >= 11 is 1.45. The van der Waals surface area contributed by atoms with Gasteiger partial charge in [0.1, 0.15) is 0 Å². The fourth-order valence-corrected chi connectivity index (χ4v) is 1.66. The van der Waals surface area contributed by atoms with Gasteiger partial charge in [-0.05, 0) is 12.3 Å². The number of hydrogen-bond acceptors (Lipinski definition) is 4. The fraction of sp³-hybridized carbons (Fsp3) is 0.600. The second-order valence-corrected chi connectivity index (χ2v) is 5.84. The maximum absolute atomic E-state index is 11.7. The molecule has 0 saturated carbocycles. The molecule has 5 heteroatoms. The average Bonchev–Trinajstić information content (AvgIpc) is 2.48. The third-order valence-electron chi connectivity index (χ3n) is 2.07. The summed E-state index contributed by atoms with van der Waals surface area (Å²) < 4.78 is 0. The van der Waals surface area contributed by atoms with Crippen LogP contribution in [0.2, 0.25) is 0 Å². The molecule has 1 aromatic heterocycles. The molecule has 0 bridgehead atoms. The number of hydrogen-bond donors (Lipinski definition) is 2. The summed E-state index contributed by atoms with van der Waals surface area (Å²) in [5.41, 5.74) is 5.57. The zero-order valence-corrected chi connectivity index (χ0v) is 10.3. The highest BCUT2D eigenvalue weighted by atomic mass is 32.1. The van der Waals surface area contributed by atoms with Crippen LogP contribution in [-0.2, 0) is 4.79 Å². The minimum atomic E-state index is -0.526. The Hall–Kier alpha value is -0.940. The van der Waals surface area contributed by atoms with Gasteiger partial charge in [0.15, 0.2) is 5.13 Å². The number of aromatic nitrogens is 1. The van der Waals surface area contributed by atoms with Crippen molar-refractivity contribution < 1.29 is 4.79 Å².